The van der Waals surface area contributed by atoms with Crippen molar-refractivity contribution in [3.63, 3.8) is 0 Å². The first-order valence-electron chi connectivity index (χ1n) is 8.40. The van der Waals surface area contributed by atoms with Crippen molar-refractivity contribution in [2.24, 2.45) is 0 Å². The monoisotopic (exact) mass is 348 g/mol. The van der Waals surface area contributed by atoms with Crippen molar-refractivity contribution in [1.29, 1.82) is 10.5 Å². The van der Waals surface area contributed by atoms with Gasteiger partial charge in [0.2, 0.25) is 0 Å². The first-order chi connectivity index (χ1) is 13.3. The van der Waals surface area contributed by atoms with Gasteiger partial charge in [0.1, 0.15) is 11.5 Å². The SMILES string of the molecule is N#Cc1ccc2c(OBOc3cccc4cc(C#N)ccc34)cccc2c1. The number of hydrogen-bond donors (Lipinski definition) is 0. The molecule has 0 bridgehead atoms. The van der Waals surface area contributed by atoms with Crippen molar-refractivity contribution in [2.75, 3.05) is 0 Å². The largest absolute Gasteiger partial charge is 0.576 e. The van der Waals surface area contributed by atoms with Gasteiger partial charge in [-0.25, -0.2) is 0 Å². The van der Waals surface area contributed by atoms with Crippen LogP contribution in [0.15, 0.2) is 72.8 Å². The number of fused-ring (bicyclic) bond motifs is 2. The Kier molecular flexibility index (Phi) is 4.35. The third-order valence-electron chi connectivity index (χ3n) is 4.37. The summed E-state index contributed by atoms with van der Waals surface area (Å²) in [5.74, 6) is 1.40. The Morgan fingerprint density at radius 2 is 1.11 bits per heavy atom. The van der Waals surface area contributed by atoms with Crippen LogP contribution in [0, 0.1) is 22.7 Å². The smallest absolute Gasteiger partial charge is 0.528 e. The molecule has 4 aromatic rings. The molecule has 27 heavy (non-hydrogen) atoms. The second-order valence-electron chi connectivity index (χ2n) is 6.01. The fourth-order valence-electron chi connectivity index (χ4n) is 3.06. The van der Waals surface area contributed by atoms with Gasteiger partial charge in [0.05, 0.1) is 23.3 Å². The molecule has 0 aromatic heterocycles. The van der Waals surface area contributed by atoms with E-state index in [2.05, 4.69) is 12.1 Å². The molecule has 126 valence electrons. The molecular formula is C22H13BN2O2. The Morgan fingerprint density at radius 3 is 1.56 bits per heavy atom. The highest BCUT2D eigenvalue weighted by atomic mass is 16.6. The Morgan fingerprint density at radius 1 is 0.630 bits per heavy atom. The molecule has 0 atom stereocenters. The average molecular weight is 348 g/mol. The second-order valence-corrected chi connectivity index (χ2v) is 6.01. The van der Waals surface area contributed by atoms with E-state index in [1.165, 1.54) is 0 Å². The maximum Gasteiger partial charge on any atom is 0.576 e. The van der Waals surface area contributed by atoms with Crippen LogP contribution >= 0.6 is 0 Å². The molecule has 0 saturated carbocycles. The lowest BCUT2D eigenvalue weighted by atomic mass is 10.1. The van der Waals surface area contributed by atoms with Gasteiger partial charge in [-0.15, -0.1) is 0 Å². The van der Waals surface area contributed by atoms with Crippen LogP contribution in [0.4, 0.5) is 0 Å². The van der Waals surface area contributed by atoms with Gasteiger partial charge in [0.25, 0.3) is 0 Å². The van der Waals surface area contributed by atoms with Crippen molar-refractivity contribution < 1.29 is 9.31 Å². The molecule has 4 aromatic carbocycles. The first kappa shape index (κ1) is 16.5. The lowest BCUT2D eigenvalue weighted by Crippen LogP contribution is -2.11. The van der Waals surface area contributed by atoms with Crippen LogP contribution in [0.1, 0.15) is 11.1 Å². The minimum Gasteiger partial charge on any atom is -0.528 e. The summed E-state index contributed by atoms with van der Waals surface area (Å²) >= 11 is 0. The van der Waals surface area contributed by atoms with Gasteiger partial charge in [0.15, 0.2) is 0 Å². The van der Waals surface area contributed by atoms with E-state index in [0.29, 0.717) is 22.6 Å². The van der Waals surface area contributed by atoms with Crippen LogP contribution in [-0.2, 0) is 0 Å². The Hall–Kier alpha value is -3.96. The normalized spacial score (nSPS) is 10.1. The second kappa shape index (κ2) is 7.11. The molecule has 0 aliphatic heterocycles. The van der Waals surface area contributed by atoms with Crippen molar-refractivity contribution in [3.8, 4) is 23.6 Å². The predicted octanol–water partition coefficient (Wildman–Crippen LogP) is 4.46. The van der Waals surface area contributed by atoms with E-state index >= 15 is 0 Å². The van der Waals surface area contributed by atoms with Gasteiger partial charge in [-0.05, 0) is 59.3 Å². The number of rotatable bonds is 4. The molecule has 0 spiro atoms. The first-order valence-corrected chi connectivity index (χ1v) is 8.40. The molecule has 0 aliphatic carbocycles. The van der Waals surface area contributed by atoms with Crippen LogP contribution in [0.2, 0.25) is 0 Å². The molecule has 0 aliphatic rings. The number of nitrogens with zero attached hydrogens (tertiary/aromatic N) is 2. The quantitative estimate of drug-likeness (QED) is 0.511. The van der Waals surface area contributed by atoms with Gasteiger partial charge in [0, 0.05) is 10.8 Å². The molecule has 0 heterocycles. The predicted molar refractivity (Wildman–Crippen MR) is 106 cm³/mol. The van der Waals surface area contributed by atoms with E-state index in [9.17, 15) is 0 Å². The fraction of sp³-hybridized carbons (Fsp3) is 0. The van der Waals surface area contributed by atoms with Crippen molar-refractivity contribution in [1.82, 2.24) is 0 Å². The van der Waals surface area contributed by atoms with E-state index in [-0.39, 0.29) is 7.69 Å². The van der Waals surface area contributed by atoms with Crippen LogP contribution in [0.5, 0.6) is 11.5 Å². The van der Waals surface area contributed by atoms with Crippen LogP contribution in [-0.4, -0.2) is 7.69 Å². The van der Waals surface area contributed by atoms with Crippen LogP contribution in [0.25, 0.3) is 21.5 Å². The summed E-state index contributed by atoms with van der Waals surface area (Å²) in [6, 6.07) is 26.7. The molecule has 4 nitrogen and oxygen atoms in total. The maximum atomic E-state index is 9.03. The zero-order valence-corrected chi connectivity index (χ0v) is 14.3. The van der Waals surface area contributed by atoms with Crippen molar-refractivity contribution in [2.45, 2.75) is 0 Å². The summed E-state index contributed by atoms with van der Waals surface area (Å²) in [5.41, 5.74) is 1.23. The standard InChI is InChI=1S/C22H13BN2O2/c24-13-15-7-9-19-17(11-15)3-1-5-21(19)26-23-27-22-6-2-4-18-12-16(14-25)8-10-20(18)22/h1-12,23H. The molecule has 4 rings (SSSR count). The zero-order chi connectivity index (χ0) is 18.6. The number of hydrogen-bond acceptors (Lipinski definition) is 4. The molecule has 0 N–H and O–H groups in total. The fourth-order valence-corrected chi connectivity index (χ4v) is 3.06. The number of benzene rings is 4. The number of nitriles is 2. The van der Waals surface area contributed by atoms with E-state index in [1.807, 2.05) is 60.7 Å². The highest BCUT2D eigenvalue weighted by molar-refractivity contribution is 6.22. The molecule has 0 radical (unpaired) electrons. The van der Waals surface area contributed by atoms with Crippen LogP contribution < -0.4 is 9.31 Å². The summed E-state index contributed by atoms with van der Waals surface area (Å²) in [6.45, 7) is 0. The molecule has 5 heteroatoms. The summed E-state index contributed by atoms with van der Waals surface area (Å²) in [4.78, 5) is 0. The molecule has 0 amide bonds. The summed E-state index contributed by atoms with van der Waals surface area (Å²) in [7, 11) is 0.0538. The Bertz CT molecular complexity index is 1140. The molecule has 0 saturated heterocycles. The van der Waals surface area contributed by atoms with E-state index < -0.39 is 0 Å². The summed E-state index contributed by atoms with van der Waals surface area (Å²) in [6.07, 6.45) is 0. The Balaban J connectivity index is 1.56. The third-order valence-corrected chi connectivity index (χ3v) is 4.37. The molecular weight excluding hydrogens is 335 g/mol. The summed E-state index contributed by atoms with van der Waals surface area (Å²) in [5, 5.41) is 21.8. The van der Waals surface area contributed by atoms with Crippen LogP contribution in [0.3, 0.4) is 0 Å². The van der Waals surface area contributed by atoms with Gasteiger partial charge >= 0.3 is 7.69 Å². The van der Waals surface area contributed by atoms with E-state index in [4.69, 9.17) is 19.8 Å². The molecule has 0 fully saturated rings. The lowest BCUT2D eigenvalue weighted by Gasteiger charge is -2.12. The Labute approximate surface area is 157 Å². The van der Waals surface area contributed by atoms with E-state index in [1.54, 1.807) is 12.1 Å². The average Bonchev–Trinajstić information content (AvgIpc) is 2.73. The van der Waals surface area contributed by atoms with E-state index in [0.717, 1.165) is 21.5 Å². The minimum absolute atomic E-state index is 0.0538. The minimum atomic E-state index is 0.0538. The zero-order valence-electron chi connectivity index (χ0n) is 14.3. The van der Waals surface area contributed by atoms with Gasteiger partial charge < -0.3 is 9.31 Å². The molecule has 0 unspecified atom stereocenters. The van der Waals surface area contributed by atoms with Gasteiger partial charge in [-0.3, -0.25) is 0 Å². The van der Waals surface area contributed by atoms with Gasteiger partial charge in [-0.2, -0.15) is 10.5 Å². The summed E-state index contributed by atoms with van der Waals surface area (Å²) < 4.78 is 11.7. The van der Waals surface area contributed by atoms with Crippen molar-refractivity contribution >= 4 is 29.2 Å². The van der Waals surface area contributed by atoms with Crippen molar-refractivity contribution in [3.05, 3.63) is 83.9 Å². The van der Waals surface area contributed by atoms with Gasteiger partial charge in [-0.1, -0.05) is 24.3 Å². The lowest BCUT2D eigenvalue weighted by molar-refractivity contribution is 0.465. The topological polar surface area (TPSA) is 66.0 Å². The highest BCUT2D eigenvalue weighted by Crippen LogP contribution is 2.28. The maximum absolute atomic E-state index is 9.03. The highest BCUT2D eigenvalue weighted by Gasteiger charge is 2.07. The third kappa shape index (κ3) is 3.27.